The van der Waals surface area contributed by atoms with Crippen molar-refractivity contribution in [1.29, 1.82) is 0 Å². The van der Waals surface area contributed by atoms with Crippen LogP contribution in [0, 0.1) is 5.82 Å². The van der Waals surface area contributed by atoms with E-state index < -0.39 is 17.1 Å². The van der Waals surface area contributed by atoms with Crippen LogP contribution in [0.15, 0.2) is 21.7 Å². The molecule has 0 atom stereocenters. The first kappa shape index (κ1) is 12.3. The van der Waals surface area contributed by atoms with Crippen molar-refractivity contribution < 1.29 is 9.13 Å². The van der Waals surface area contributed by atoms with E-state index in [1.165, 1.54) is 11.7 Å². The Hall–Kier alpha value is -2.11. The summed E-state index contributed by atoms with van der Waals surface area (Å²) in [6.45, 7) is 2.33. The smallest absolute Gasteiger partial charge is 0.328 e. The molecule has 0 spiro atoms. The number of hydrogen-bond acceptors (Lipinski definition) is 3. The summed E-state index contributed by atoms with van der Waals surface area (Å²) in [5.41, 5.74) is -0.797. The van der Waals surface area contributed by atoms with Gasteiger partial charge in [-0.25, -0.2) is 9.18 Å². The van der Waals surface area contributed by atoms with E-state index in [0.29, 0.717) is 18.5 Å². The molecule has 0 aliphatic carbocycles. The van der Waals surface area contributed by atoms with Gasteiger partial charge < -0.3 is 4.74 Å². The molecule has 0 aliphatic rings. The van der Waals surface area contributed by atoms with E-state index in [2.05, 4.69) is 4.98 Å². The van der Waals surface area contributed by atoms with Crippen LogP contribution < -0.4 is 16.0 Å². The van der Waals surface area contributed by atoms with Gasteiger partial charge in [-0.05, 0) is 12.5 Å². The largest absolute Gasteiger partial charge is 0.494 e. The molecule has 1 heterocycles. The molecular weight excluding hydrogens is 239 g/mol. The van der Waals surface area contributed by atoms with E-state index >= 15 is 0 Å². The minimum Gasteiger partial charge on any atom is -0.494 e. The molecule has 0 amide bonds. The summed E-state index contributed by atoms with van der Waals surface area (Å²) in [4.78, 5) is 25.6. The minimum atomic E-state index is -0.611. The van der Waals surface area contributed by atoms with Gasteiger partial charge in [0, 0.05) is 12.6 Å². The van der Waals surface area contributed by atoms with E-state index in [-0.39, 0.29) is 11.1 Å². The summed E-state index contributed by atoms with van der Waals surface area (Å²) < 4.78 is 19.8. The summed E-state index contributed by atoms with van der Waals surface area (Å²) in [5, 5.41) is 0.111. The molecule has 0 saturated carbocycles. The van der Waals surface area contributed by atoms with Crippen molar-refractivity contribution in [2.75, 3.05) is 7.11 Å². The second-order valence-electron chi connectivity index (χ2n) is 3.92. The highest BCUT2D eigenvalue weighted by atomic mass is 19.1. The van der Waals surface area contributed by atoms with Gasteiger partial charge in [-0.15, -0.1) is 0 Å². The lowest BCUT2D eigenvalue weighted by Crippen LogP contribution is -2.30. The van der Waals surface area contributed by atoms with Gasteiger partial charge in [-0.2, -0.15) is 0 Å². The van der Waals surface area contributed by atoms with Crippen LogP contribution in [-0.2, 0) is 6.54 Å². The summed E-state index contributed by atoms with van der Waals surface area (Å²) >= 11 is 0. The highest BCUT2D eigenvalue weighted by Crippen LogP contribution is 2.23. The summed E-state index contributed by atoms with van der Waals surface area (Å²) in [7, 11) is 1.37. The fourth-order valence-electron chi connectivity index (χ4n) is 1.95. The molecule has 0 aliphatic heterocycles. The van der Waals surface area contributed by atoms with Crippen molar-refractivity contribution in [2.45, 2.75) is 19.9 Å². The van der Waals surface area contributed by atoms with E-state index in [1.807, 2.05) is 6.92 Å². The number of rotatable bonds is 3. The third kappa shape index (κ3) is 1.90. The average molecular weight is 252 g/mol. The van der Waals surface area contributed by atoms with Crippen LogP contribution in [0.1, 0.15) is 13.3 Å². The first-order chi connectivity index (χ1) is 8.58. The number of benzene rings is 1. The molecule has 0 fully saturated rings. The molecule has 96 valence electrons. The maximum absolute atomic E-state index is 13.4. The lowest BCUT2D eigenvalue weighted by molar-refractivity contribution is 0.413. The lowest BCUT2D eigenvalue weighted by Gasteiger charge is -2.11. The normalized spacial score (nSPS) is 10.8. The zero-order valence-electron chi connectivity index (χ0n) is 10.1. The number of fused-ring (bicyclic) bond motifs is 1. The Kier molecular flexibility index (Phi) is 3.18. The van der Waals surface area contributed by atoms with Crippen molar-refractivity contribution in [3.8, 4) is 5.75 Å². The number of ether oxygens (including phenoxy) is 1. The van der Waals surface area contributed by atoms with E-state index in [0.717, 1.165) is 12.1 Å². The second kappa shape index (κ2) is 4.64. The maximum Gasteiger partial charge on any atom is 0.328 e. The number of halogens is 1. The average Bonchev–Trinajstić information content (AvgIpc) is 2.33. The molecule has 1 N–H and O–H groups in total. The van der Waals surface area contributed by atoms with Gasteiger partial charge in [0.15, 0.2) is 0 Å². The summed E-state index contributed by atoms with van der Waals surface area (Å²) in [5.74, 6) is -0.395. The monoisotopic (exact) mass is 252 g/mol. The Morgan fingerprint density at radius 1 is 1.39 bits per heavy atom. The molecule has 1 aromatic carbocycles. The predicted octanol–water partition coefficient (Wildman–Crippen LogP) is 1.25. The number of H-pyrrole nitrogens is 1. The fourth-order valence-corrected chi connectivity index (χ4v) is 1.95. The molecule has 1 aromatic heterocycles. The van der Waals surface area contributed by atoms with Crippen molar-refractivity contribution in [1.82, 2.24) is 9.55 Å². The van der Waals surface area contributed by atoms with Crippen molar-refractivity contribution in [3.05, 3.63) is 38.8 Å². The zero-order chi connectivity index (χ0) is 13.3. The highest BCUT2D eigenvalue weighted by Gasteiger charge is 2.13. The van der Waals surface area contributed by atoms with Gasteiger partial charge in [0.05, 0.1) is 12.5 Å². The Morgan fingerprint density at radius 3 is 2.72 bits per heavy atom. The quantitative estimate of drug-likeness (QED) is 0.894. The molecule has 18 heavy (non-hydrogen) atoms. The van der Waals surface area contributed by atoms with Gasteiger partial charge >= 0.3 is 5.69 Å². The predicted molar refractivity (Wildman–Crippen MR) is 65.6 cm³/mol. The zero-order valence-corrected chi connectivity index (χ0v) is 10.1. The molecule has 0 radical (unpaired) electrons. The Morgan fingerprint density at radius 2 is 2.11 bits per heavy atom. The number of methoxy groups -OCH3 is 1. The molecule has 2 rings (SSSR count). The molecule has 0 saturated heterocycles. The summed E-state index contributed by atoms with van der Waals surface area (Å²) in [6.07, 6.45) is 0.710. The van der Waals surface area contributed by atoms with E-state index in [4.69, 9.17) is 4.74 Å². The topological polar surface area (TPSA) is 64.1 Å². The van der Waals surface area contributed by atoms with Gasteiger partial charge in [0.1, 0.15) is 17.1 Å². The molecule has 0 bridgehead atoms. The Bertz CT molecular complexity index is 703. The number of nitrogens with zero attached hydrogens (tertiary/aromatic N) is 1. The van der Waals surface area contributed by atoms with E-state index in [9.17, 15) is 14.0 Å². The van der Waals surface area contributed by atoms with Crippen LogP contribution in [0.5, 0.6) is 5.75 Å². The maximum atomic E-state index is 13.4. The molecular formula is C12H13FN2O3. The van der Waals surface area contributed by atoms with Crippen molar-refractivity contribution in [3.63, 3.8) is 0 Å². The number of aryl methyl sites for hydroxylation is 1. The summed E-state index contributed by atoms with van der Waals surface area (Å²) in [6, 6.07) is 2.26. The Labute approximate surface area is 102 Å². The fraction of sp³-hybridized carbons (Fsp3) is 0.333. The molecule has 5 nitrogen and oxygen atoms in total. The van der Waals surface area contributed by atoms with Crippen LogP contribution >= 0.6 is 0 Å². The number of aromatic amines is 1. The number of hydrogen-bond donors (Lipinski definition) is 1. The first-order valence-corrected chi connectivity index (χ1v) is 5.58. The van der Waals surface area contributed by atoms with Crippen LogP contribution in [0.25, 0.3) is 10.9 Å². The van der Waals surface area contributed by atoms with Gasteiger partial charge in [0.25, 0.3) is 5.56 Å². The third-order valence-corrected chi connectivity index (χ3v) is 2.69. The SMILES string of the molecule is CCCn1c(=O)[nH]c(=O)c2cc(F)cc(OC)c21. The number of aromatic nitrogens is 2. The standard InChI is InChI=1S/C12H13FN2O3/c1-3-4-15-10-8(11(16)14-12(15)17)5-7(13)6-9(10)18-2/h5-6H,3-4H2,1-2H3,(H,14,16,17). The second-order valence-corrected chi connectivity index (χ2v) is 3.92. The van der Waals surface area contributed by atoms with Crippen LogP contribution in [-0.4, -0.2) is 16.7 Å². The van der Waals surface area contributed by atoms with Gasteiger partial charge in [-0.1, -0.05) is 6.92 Å². The Balaban J connectivity index is 2.99. The number of nitrogens with one attached hydrogen (secondary N) is 1. The van der Waals surface area contributed by atoms with Crippen LogP contribution in [0.3, 0.4) is 0 Å². The highest BCUT2D eigenvalue weighted by molar-refractivity contribution is 5.84. The van der Waals surface area contributed by atoms with Crippen molar-refractivity contribution >= 4 is 10.9 Å². The lowest BCUT2D eigenvalue weighted by atomic mass is 10.2. The minimum absolute atomic E-state index is 0.111. The third-order valence-electron chi connectivity index (χ3n) is 2.69. The van der Waals surface area contributed by atoms with Gasteiger partial charge in [0.2, 0.25) is 0 Å². The van der Waals surface area contributed by atoms with Crippen LogP contribution in [0.2, 0.25) is 0 Å². The van der Waals surface area contributed by atoms with Crippen molar-refractivity contribution in [2.24, 2.45) is 0 Å². The first-order valence-electron chi connectivity index (χ1n) is 5.58. The molecule has 6 heteroatoms. The van der Waals surface area contributed by atoms with Crippen LogP contribution in [0.4, 0.5) is 4.39 Å². The van der Waals surface area contributed by atoms with Gasteiger partial charge in [-0.3, -0.25) is 14.3 Å². The molecule has 0 unspecified atom stereocenters. The van der Waals surface area contributed by atoms with E-state index in [1.54, 1.807) is 0 Å². The molecule has 2 aromatic rings.